The Balaban J connectivity index is 2.79. The summed E-state index contributed by atoms with van der Waals surface area (Å²) in [4.78, 5) is 27.7. The molecule has 1 rings (SSSR count). The summed E-state index contributed by atoms with van der Waals surface area (Å²) in [6.07, 6.45) is 1.65. The minimum absolute atomic E-state index is 0.268. The van der Waals surface area contributed by atoms with Crippen LogP contribution in [0.4, 0.5) is 0 Å². The minimum atomic E-state index is -0.705. The van der Waals surface area contributed by atoms with Crippen LogP contribution in [0, 0.1) is 0 Å². The number of nitrogens with one attached hydrogen (secondary N) is 1. The van der Waals surface area contributed by atoms with Crippen molar-refractivity contribution in [3.8, 4) is 0 Å². The highest BCUT2D eigenvalue weighted by Crippen LogP contribution is 2.12. The number of amides is 1. The summed E-state index contributed by atoms with van der Waals surface area (Å²) in [6, 6.07) is 2.46. The number of ether oxygens (including phenoxy) is 1. The number of esters is 1. The zero-order chi connectivity index (χ0) is 15.1. The van der Waals surface area contributed by atoms with Crippen LogP contribution in [0.1, 0.15) is 43.2 Å². The summed E-state index contributed by atoms with van der Waals surface area (Å²) in [7, 11) is 0. The molecule has 0 saturated carbocycles. The fourth-order valence-electron chi connectivity index (χ4n) is 1.67. The Hall–Kier alpha value is -1.62. The second-order valence-electron chi connectivity index (χ2n) is 4.37. The summed E-state index contributed by atoms with van der Waals surface area (Å²) in [5, 5.41) is 2.85. The average molecular weight is 299 g/mol. The van der Waals surface area contributed by atoms with Gasteiger partial charge in [-0.15, -0.1) is 0 Å². The predicted octanol–water partition coefficient (Wildman–Crippen LogP) is 2.37. The monoisotopic (exact) mass is 298 g/mol. The molecule has 0 aromatic carbocycles. The van der Waals surface area contributed by atoms with E-state index in [-0.39, 0.29) is 17.7 Å². The van der Waals surface area contributed by atoms with Gasteiger partial charge in [-0.1, -0.05) is 24.9 Å². The maximum absolute atomic E-state index is 12.1. The van der Waals surface area contributed by atoms with E-state index in [2.05, 4.69) is 10.3 Å². The molecule has 0 bridgehead atoms. The highest BCUT2D eigenvalue weighted by Gasteiger charge is 2.18. The number of rotatable bonds is 6. The number of halogens is 1. The van der Waals surface area contributed by atoms with Crippen LogP contribution in [0.5, 0.6) is 0 Å². The first-order valence-corrected chi connectivity index (χ1v) is 6.99. The molecular formula is C14H19ClN2O3. The van der Waals surface area contributed by atoms with E-state index >= 15 is 0 Å². The lowest BCUT2D eigenvalue weighted by atomic mass is 10.1. The van der Waals surface area contributed by atoms with Gasteiger partial charge >= 0.3 is 5.97 Å². The van der Waals surface area contributed by atoms with Gasteiger partial charge in [0, 0.05) is 11.3 Å². The summed E-state index contributed by atoms with van der Waals surface area (Å²) in [6.45, 7) is 5.59. The molecule has 0 fully saturated rings. The predicted molar refractivity (Wildman–Crippen MR) is 76.8 cm³/mol. The summed E-state index contributed by atoms with van der Waals surface area (Å²) in [5.41, 5.74) is 1.15. The molecular weight excluding hydrogens is 280 g/mol. The van der Waals surface area contributed by atoms with E-state index in [9.17, 15) is 9.59 Å². The van der Waals surface area contributed by atoms with Crippen molar-refractivity contribution in [2.45, 2.75) is 39.7 Å². The molecule has 6 heteroatoms. The zero-order valence-electron chi connectivity index (χ0n) is 11.9. The van der Waals surface area contributed by atoms with Gasteiger partial charge in [-0.3, -0.25) is 4.79 Å². The zero-order valence-corrected chi connectivity index (χ0v) is 12.7. The average Bonchev–Trinajstić information content (AvgIpc) is 2.38. The fraction of sp³-hybridized carbons (Fsp3) is 0.500. The summed E-state index contributed by atoms with van der Waals surface area (Å²) < 4.78 is 4.83. The lowest BCUT2D eigenvalue weighted by Crippen LogP contribution is -2.39. The third-order valence-corrected chi connectivity index (χ3v) is 2.80. The SMILES string of the molecule is CCCc1cc(C(=O)NC(C)C(=O)OCC)cc(Cl)n1. The minimum Gasteiger partial charge on any atom is -0.464 e. The normalized spacial score (nSPS) is 11.8. The molecule has 1 unspecified atom stereocenters. The van der Waals surface area contributed by atoms with E-state index in [0.29, 0.717) is 5.56 Å². The molecule has 0 aliphatic rings. The Kier molecular flexibility index (Phi) is 6.45. The maximum Gasteiger partial charge on any atom is 0.328 e. The van der Waals surface area contributed by atoms with Crippen LogP contribution in [0.3, 0.4) is 0 Å². The highest BCUT2D eigenvalue weighted by molar-refractivity contribution is 6.29. The first kappa shape index (κ1) is 16.4. The number of aromatic nitrogens is 1. The van der Waals surface area contributed by atoms with Crippen molar-refractivity contribution in [1.29, 1.82) is 0 Å². The molecule has 1 N–H and O–H groups in total. The Morgan fingerprint density at radius 1 is 1.40 bits per heavy atom. The summed E-state index contributed by atoms with van der Waals surface area (Å²) >= 11 is 5.90. The number of hydrogen-bond acceptors (Lipinski definition) is 4. The number of pyridine rings is 1. The highest BCUT2D eigenvalue weighted by atomic mass is 35.5. The van der Waals surface area contributed by atoms with Crippen molar-refractivity contribution in [2.75, 3.05) is 6.61 Å². The lowest BCUT2D eigenvalue weighted by molar-refractivity contribution is -0.144. The van der Waals surface area contributed by atoms with E-state index in [4.69, 9.17) is 16.3 Å². The lowest BCUT2D eigenvalue weighted by Gasteiger charge is -2.13. The van der Waals surface area contributed by atoms with Crippen molar-refractivity contribution in [3.05, 3.63) is 28.5 Å². The van der Waals surface area contributed by atoms with Gasteiger partial charge in [0.1, 0.15) is 11.2 Å². The molecule has 0 aliphatic carbocycles. The fourth-order valence-corrected chi connectivity index (χ4v) is 1.90. The van der Waals surface area contributed by atoms with Gasteiger partial charge < -0.3 is 10.1 Å². The molecule has 1 aromatic rings. The Morgan fingerprint density at radius 3 is 2.70 bits per heavy atom. The second-order valence-corrected chi connectivity index (χ2v) is 4.75. The van der Waals surface area contributed by atoms with Crippen LogP contribution < -0.4 is 5.32 Å². The van der Waals surface area contributed by atoms with Crippen LogP contribution >= 0.6 is 11.6 Å². The van der Waals surface area contributed by atoms with E-state index in [1.807, 2.05) is 6.92 Å². The molecule has 1 heterocycles. The van der Waals surface area contributed by atoms with Crippen LogP contribution in [0.2, 0.25) is 5.15 Å². The van der Waals surface area contributed by atoms with Gasteiger partial charge in [0.25, 0.3) is 5.91 Å². The first-order valence-electron chi connectivity index (χ1n) is 6.61. The third kappa shape index (κ3) is 4.81. The van der Waals surface area contributed by atoms with Gasteiger partial charge in [-0.25, -0.2) is 9.78 Å². The van der Waals surface area contributed by atoms with E-state index in [1.165, 1.54) is 6.07 Å². The van der Waals surface area contributed by atoms with E-state index in [1.54, 1.807) is 19.9 Å². The van der Waals surface area contributed by atoms with Crippen molar-refractivity contribution in [3.63, 3.8) is 0 Å². The van der Waals surface area contributed by atoms with Gasteiger partial charge in [0.05, 0.1) is 6.61 Å². The first-order chi connectivity index (χ1) is 9.47. The molecule has 0 spiro atoms. The van der Waals surface area contributed by atoms with Gasteiger partial charge in [-0.05, 0) is 32.4 Å². The molecule has 0 saturated heterocycles. The van der Waals surface area contributed by atoms with Crippen LogP contribution in [-0.2, 0) is 16.0 Å². The smallest absolute Gasteiger partial charge is 0.328 e. The Labute approximate surface area is 123 Å². The maximum atomic E-state index is 12.1. The van der Waals surface area contributed by atoms with Crippen molar-refractivity contribution < 1.29 is 14.3 Å². The second kappa shape index (κ2) is 7.85. The number of hydrogen-bond donors (Lipinski definition) is 1. The van der Waals surface area contributed by atoms with Gasteiger partial charge in [0.2, 0.25) is 0 Å². The van der Waals surface area contributed by atoms with E-state index in [0.717, 1.165) is 18.5 Å². The van der Waals surface area contributed by atoms with Gasteiger partial charge in [0.15, 0.2) is 0 Å². The molecule has 0 aliphatic heterocycles. The number of aryl methyl sites for hydroxylation is 1. The Morgan fingerprint density at radius 2 is 2.10 bits per heavy atom. The van der Waals surface area contributed by atoms with Crippen molar-refractivity contribution in [1.82, 2.24) is 10.3 Å². The molecule has 0 radical (unpaired) electrons. The van der Waals surface area contributed by atoms with Crippen molar-refractivity contribution in [2.24, 2.45) is 0 Å². The molecule has 1 amide bonds. The van der Waals surface area contributed by atoms with Crippen LogP contribution in [-0.4, -0.2) is 29.5 Å². The number of carbonyl (C=O) groups is 2. The molecule has 1 atom stereocenters. The molecule has 1 aromatic heterocycles. The third-order valence-electron chi connectivity index (χ3n) is 2.60. The van der Waals surface area contributed by atoms with Gasteiger partial charge in [-0.2, -0.15) is 0 Å². The van der Waals surface area contributed by atoms with Crippen LogP contribution in [0.15, 0.2) is 12.1 Å². The topological polar surface area (TPSA) is 68.3 Å². The number of carbonyl (C=O) groups excluding carboxylic acids is 2. The standard InChI is InChI=1S/C14H19ClN2O3/c1-4-6-11-7-10(8-12(15)17-11)13(18)16-9(3)14(19)20-5-2/h7-9H,4-6H2,1-3H3,(H,16,18). The van der Waals surface area contributed by atoms with E-state index < -0.39 is 12.0 Å². The molecule has 110 valence electrons. The summed E-state index contributed by atoms with van der Waals surface area (Å²) in [5.74, 6) is -0.831. The number of nitrogens with zero attached hydrogens (tertiary/aromatic N) is 1. The Bertz CT molecular complexity index is 491. The molecule has 5 nitrogen and oxygen atoms in total. The van der Waals surface area contributed by atoms with Crippen molar-refractivity contribution >= 4 is 23.5 Å². The van der Waals surface area contributed by atoms with Crippen LogP contribution in [0.25, 0.3) is 0 Å². The largest absolute Gasteiger partial charge is 0.464 e. The molecule has 20 heavy (non-hydrogen) atoms. The quantitative estimate of drug-likeness (QED) is 0.647.